The lowest BCUT2D eigenvalue weighted by atomic mass is 9.92. The topological polar surface area (TPSA) is 102 Å². The molecule has 2 rings (SSSR count). The Hall–Kier alpha value is -1.86. The fourth-order valence-electron chi connectivity index (χ4n) is 2.96. The van der Waals surface area contributed by atoms with Crippen molar-refractivity contribution in [3.63, 3.8) is 0 Å². The molecule has 0 aliphatic carbocycles. The first kappa shape index (κ1) is 16.5. The predicted molar refractivity (Wildman–Crippen MR) is 83.0 cm³/mol. The van der Waals surface area contributed by atoms with Crippen LogP contribution >= 0.6 is 0 Å². The Labute approximate surface area is 129 Å². The van der Waals surface area contributed by atoms with Gasteiger partial charge < -0.3 is 15.6 Å². The number of nitro groups is 1. The molecule has 0 aromatic heterocycles. The molecule has 22 heavy (non-hydrogen) atoms. The van der Waals surface area contributed by atoms with E-state index < -0.39 is 10.7 Å². The number of phenols is 1. The van der Waals surface area contributed by atoms with Gasteiger partial charge in [0.1, 0.15) is 0 Å². The maximum atomic E-state index is 11.0. The largest absolute Gasteiger partial charge is 0.500 e. The minimum absolute atomic E-state index is 0.130. The highest BCUT2D eigenvalue weighted by atomic mass is 16.6. The lowest BCUT2D eigenvalue weighted by Gasteiger charge is -2.34. The molecule has 0 radical (unpaired) electrons. The molecule has 0 bridgehead atoms. The van der Waals surface area contributed by atoms with Gasteiger partial charge in [-0.15, -0.1) is 0 Å². The number of aromatic hydroxyl groups is 1. The third-order valence-electron chi connectivity index (χ3n) is 4.22. The van der Waals surface area contributed by atoms with Gasteiger partial charge in [0.25, 0.3) is 0 Å². The summed E-state index contributed by atoms with van der Waals surface area (Å²) in [6.07, 6.45) is 2.19. The molecule has 1 saturated heterocycles. The number of piperidine rings is 1. The summed E-state index contributed by atoms with van der Waals surface area (Å²) in [5.41, 5.74) is 6.42. The Bertz CT molecular complexity index is 548. The molecule has 2 atom stereocenters. The van der Waals surface area contributed by atoms with Crippen LogP contribution in [-0.2, 0) is 6.54 Å². The van der Waals surface area contributed by atoms with E-state index in [2.05, 4.69) is 4.90 Å². The van der Waals surface area contributed by atoms with Gasteiger partial charge in [0.15, 0.2) is 5.75 Å². The highest BCUT2D eigenvalue weighted by Gasteiger charge is 2.25. The van der Waals surface area contributed by atoms with E-state index in [1.54, 1.807) is 6.07 Å². The summed E-state index contributed by atoms with van der Waals surface area (Å²) in [4.78, 5) is 12.7. The van der Waals surface area contributed by atoms with Crippen LogP contribution in [0.3, 0.4) is 0 Å². The van der Waals surface area contributed by atoms with Gasteiger partial charge >= 0.3 is 5.69 Å². The fraction of sp³-hybridized carbons (Fsp3) is 0.600. The summed E-state index contributed by atoms with van der Waals surface area (Å²) >= 11 is 0. The standard InChI is InChI=1S/C15H23N3O4/c1-10(16)12-4-3-5-17(9-12)8-11-6-13(18(20)21)15(19)14(7-11)22-2/h6-7,10,12,19H,3-5,8-9,16H2,1-2H3/t10-,12+/m1/s1. The average molecular weight is 309 g/mol. The van der Waals surface area contributed by atoms with E-state index in [1.165, 1.54) is 13.2 Å². The Kier molecular flexibility index (Phi) is 5.20. The van der Waals surface area contributed by atoms with E-state index in [0.29, 0.717) is 12.5 Å². The molecule has 1 aromatic rings. The van der Waals surface area contributed by atoms with Gasteiger partial charge in [0, 0.05) is 25.2 Å². The summed E-state index contributed by atoms with van der Waals surface area (Å²) in [6.45, 7) is 4.43. The van der Waals surface area contributed by atoms with Gasteiger partial charge in [0.2, 0.25) is 5.75 Å². The second-order valence-electron chi connectivity index (χ2n) is 5.92. The summed E-state index contributed by atoms with van der Waals surface area (Å²) in [5, 5.41) is 20.8. The number of nitro benzene ring substituents is 1. The van der Waals surface area contributed by atoms with E-state index in [4.69, 9.17) is 10.5 Å². The molecule has 122 valence electrons. The van der Waals surface area contributed by atoms with Crippen LogP contribution in [-0.4, -0.2) is 41.2 Å². The third-order valence-corrected chi connectivity index (χ3v) is 4.22. The summed E-state index contributed by atoms with van der Waals surface area (Å²) in [6, 6.07) is 3.21. The number of likely N-dealkylation sites (tertiary alicyclic amines) is 1. The Morgan fingerprint density at radius 2 is 2.32 bits per heavy atom. The van der Waals surface area contributed by atoms with Crippen molar-refractivity contribution in [1.82, 2.24) is 4.90 Å². The van der Waals surface area contributed by atoms with Crippen molar-refractivity contribution in [1.29, 1.82) is 0 Å². The molecule has 1 aliphatic heterocycles. The zero-order valence-corrected chi connectivity index (χ0v) is 13.0. The smallest absolute Gasteiger partial charge is 0.314 e. The maximum absolute atomic E-state index is 11.0. The van der Waals surface area contributed by atoms with Crippen molar-refractivity contribution in [2.75, 3.05) is 20.2 Å². The molecule has 1 aliphatic rings. The minimum atomic E-state index is -0.595. The molecule has 7 heteroatoms. The van der Waals surface area contributed by atoms with E-state index >= 15 is 0 Å². The van der Waals surface area contributed by atoms with E-state index in [9.17, 15) is 15.2 Å². The zero-order valence-electron chi connectivity index (χ0n) is 13.0. The number of rotatable bonds is 5. The van der Waals surface area contributed by atoms with Crippen LogP contribution in [0.1, 0.15) is 25.3 Å². The second kappa shape index (κ2) is 6.93. The Balaban J connectivity index is 2.18. The first-order chi connectivity index (χ1) is 10.4. The molecule has 0 spiro atoms. The number of ether oxygens (including phenoxy) is 1. The van der Waals surface area contributed by atoms with E-state index in [-0.39, 0.29) is 17.5 Å². The normalized spacial score (nSPS) is 20.6. The molecule has 1 heterocycles. The first-order valence-electron chi connectivity index (χ1n) is 7.44. The number of hydrogen-bond acceptors (Lipinski definition) is 6. The Morgan fingerprint density at radius 3 is 2.91 bits per heavy atom. The molecule has 0 amide bonds. The quantitative estimate of drug-likeness (QED) is 0.636. The van der Waals surface area contributed by atoms with Crippen molar-refractivity contribution in [2.45, 2.75) is 32.4 Å². The molecular formula is C15H23N3O4. The predicted octanol–water partition coefficient (Wildman–Crippen LogP) is 1.87. The number of nitrogens with two attached hydrogens (primary N) is 1. The van der Waals surface area contributed by atoms with Crippen molar-refractivity contribution in [2.24, 2.45) is 11.7 Å². The van der Waals surface area contributed by atoms with Crippen LogP contribution in [0.25, 0.3) is 0 Å². The van der Waals surface area contributed by atoms with E-state index in [1.807, 2.05) is 6.92 Å². The molecule has 3 N–H and O–H groups in total. The molecule has 0 unspecified atom stereocenters. The van der Waals surface area contributed by atoms with Crippen molar-refractivity contribution in [3.05, 3.63) is 27.8 Å². The van der Waals surface area contributed by atoms with Crippen LogP contribution in [0.15, 0.2) is 12.1 Å². The highest BCUT2D eigenvalue weighted by molar-refractivity contribution is 5.57. The average Bonchev–Trinajstić information content (AvgIpc) is 2.48. The molecular weight excluding hydrogens is 286 g/mol. The number of phenolic OH excluding ortho intramolecular Hbond substituents is 1. The number of nitrogens with zero attached hydrogens (tertiary/aromatic N) is 2. The van der Waals surface area contributed by atoms with Crippen LogP contribution in [0.2, 0.25) is 0 Å². The molecule has 1 aromatic carbocycles. The summed E-state index contributed by atoms with van der Waals surface area (Å²) in [5.74, 6) is 0.149. The molecule has 0 saturated carbocycles. The SMILES string of the molecule is COc1cc(CN2CCC[C@H]([C@@H](C)N)C2)cc([N+](=O)[O-])c1O. The van der Waals surface area contributed by atoms with Crippen molar-refractivity contribution >= 4 is 5.69 Å². The van der Waals surface area contributed by atoms with Crippen LogP contribution in [0.4, 0.5) is 5.69 Å². The third kappa shape index (κ3) is 3.66. The number of hydrogen-bond donors (Lipinski definition) is 2. The zero-order chi connectivity index (χ0) is 16.3. The van der Waals surface area contributed by atoms with Gasteiger partial charge in [-0.25, -0.2) is 0 Å². The molecule has 7 nitrogen and oxygen atoms in total. The minimum Gasteiger partial charge on any atom is -0.500 e. The summed E-state index contributed by atoms with van der Waals surface area (Å²) < 4.78 is 5.03. The lowest BCUT2D eigenvalue weighted by Crippen LogP contribution is -2.41. The monoisotopic (exact) mass is 309 g/mol. The van der Waals surface area contributed by atoms with Gasteiger partial charge in [-0.1, -0.05) is 0 Å². The number of methoxy groups -OCH3 is 1. The first-order valence-corrected chi connectivity index (χ1v) is 7.44. The van der Waals surface area contributed by atoms with Gasteiger partial charge in [-0.2, -0.15) is 0 Å². The lowest BCUT2D eigenvalue weighted by molar-refractivity contribution is -0.386. The van der Waals surface area contributed by atoms with E-state index in [0.717, 1.165) is 31.5 Å². The molecule has 1 fully saturated rings. The Morgan fingerprint density at radius 1 is 1.59 bits per heavy atom. The second-order valence-corrected chi connectivity index (χ2v) is 5.92. The van der Waals surface area contributed by atoms with Crippen molar-refractivity contribution in [3.8, 4) is 11.5 Å². The van der Waals surface area contributed by atoms with Gasteiger partial charge in [-0.3, -0.25) is 15.0 Å². The van der Waals surface area contributed by atoms with Crippen LogP contribution in [0, 0.1) is 16.0 Å². The van der Waals surface area contributed by atoms with Gasteiger partial charge in [0.05, 0.1) is 12.0 Å². The van der Waals surface area contributed by atoms with Crippen LogP contribution < -0.4 is 10.5 Å². The highest BCUT2D eigenvalue weighted by Crippen LogP contribution is 2.37. The number of benzene rings is 1. The van der Waals surface area contributed by atoms with Crippen LogP contribution in [0.5, 0.6) is 11.5 Å². The van der Waals surface area contributed by atoms with Crippen molar-refractivity contribution < 1.29 is 14.8 Å². The summed E-state index contributed by atoms with van der Waals surface area (Å²) in [7, 11) is 1.38. The fourth-order valence-corrected chi connectivity index (χ4v) is 2.96. The van der Waals surface area contributed by atoms with Gasteiger partial charge in [-0.05, 0) is 43.9 Å². The maximum Gasteiger partial charge on any atom is 0.314 e.